The molecular formula is C18H19N3OS. The first-order valence-electron chi connectivity index (χ1n) is 7.52. The van der Waals surface area contributed by atoms with Gasteiger partial charge in [-0.3, -0.25) is 4.98 Å². The van der Waals surface area contributed by atoms with Crippen LogP contribution >= 0.6 is 11.3 Å². The minimum Gasteiger partial charge on any atom is -0.492 e. The molecule has 0 amide bonds. The van der Waals surface area contributed by atoms with Crippen molar-refractivity contribution < 1.29 is 4.74 Å². The number of hydrogen-bond donors (Lipinski definition) is 0. The average Bonchev–Trinajstić information content (AvgIpc) is 3.10. The average molecular weight is 325 g/mol. The number of thiazole rings is 1. The number of anilines is 1. The number of ether oxygens (including phenoxy) is 1. The summed E-state index contributed by atoms with van der Waals surface area (Å²) in [5.41, 5.74) is 3.14. The lowest BCUT2D eigenvalue weighted by Crippen LogP contribution is -2.24. The Balaban J connectivity index is 1.47. The van der Waals surface area contributed by atoms with Crippen LogP contribution in [0.15, 0.2) is 60.4 Å². The van der Waals surface area contributed by atoms with E-state index >= 15 is 0 Å². The zero-order valence-electron chi connectivity index (χ0n) is 13.1. The molecule has 4 nitrogen and oxygen atoms in total. The number of aromatic nitrogens is 2. The van der Waals surface area contributed by atoms with Gasteiger partial charge in [0.2, 0.25) is 0 Å². The molecule has 3 aromatic rings. The van der Waals surface area contributed by atoms with Crippen LogP contribution in [0.25, 0.3) is 0 Å². The fourth-order valence-electron chi connectivity index (χ4n) is 2.23. The highest BCUT2D eigenvalue weighted by Crippen LogP contribution is 2.17. The van der Waals surface area contributed by atoms with Crippen molar-refractivity contribution in [3.63, 3.8) is 0 Å². The molecule has 0 fully saturated rings. The van der Waals surface area contributed by atoms with Crippen molar-refractivity contribution >= 4 is 17.2 Å². The van der Waals surface area contributed by atoms with Crippen LogP contribution < -0.4 is 9.64 Å². The standard InChI is InChI=1S/C18H19N3OS/c1-21(18-4-2-3-9-20-18)10-11-22-16-7-5-15(6-8-16)12-17-13-19-14-23-17/h2-9,13-14H,10-12H2,1H3. The predicted octanol–water partition coefficient (Wildman–Crippen LogP) is 3.64. The number of rotatable bonds is 7. The molecular weight excluding hydrogens is 306 g/mol. The molecule has 1 aromatic carbocycles. The van der Waals surface area contributed by atoms with Crippen LogP contribution in [0.1, 0.15) is 10.4 Å². The molecule has 0 radical (unpaired) electrons. The molecule has 0 aliphatic carbocycles. The van der Waals surface area contributed by atoms with E-state index in [1.54, 1.807) is 17.5 Å². The summed E-state index contributed by atoms with van der Waals surface area (Å²) < 4.78 is 5.81. The third-order valence-electron chi connectivity index (χ3n) is 3.52. The number of likely N-dealkylation sites (N-methyl/N-ethyl adjacent to an activating group) is 1. The molecule has 118 valence electrons. The van der Waals surface area contributed by atoms with E-state index in [9.17, 15) is 0 Å². The van der Waals surface area contributed by atoms with Gasteiger partial charge in [0.1, 0.15) is 18.2 Å². The summed E-state index contributed by atoms with van der Waals surface area (Å²) in [5.74, 6) is 1.85. The Kier molecular flexibility index (Phi) is 5.21. The number of nitrogens with zero attached hydrogens (tertiary/aromatic N) is 3. The van der Waals surface area contributed by atoms with E-state index in [-0.39, 0.29) is 0 Å². The van der Waals surface area contributed by atoms with Crippen LogP contribution in [0.3, 0.4) is 0 Å². The van der Waals surface area contributed by atoms with Gasteiger partial charge in [-0.15, -0.1) is 11.3 Å². The lowest BCUT2D eigenvalue weighted by atomic mass is 10.1. The number of pyridine rings is 1. The first kappa shape index (κ1) is 15.5. The highest BCUT2D eigenvalue weighted by molar-refractivity contribution is 7.09. The minimum absolute atomic E-state index is 0.626. The summed E-state index contributed by atoms with van der Waals surface area (Å²) in [4.78, 5) is 11.8. The molecule has 0 aliphatic heterocycles. The maximum Gasteiger partial charge on any atom is 0.128 e. The van der Waals surface area contributed by atoms with E-state index in [1.807, 2.05) is 49.1 Å². The molecule has 0 saturated heterocycles. The zero-order valence-corrected chi connectivity index (χ0v) is 13.9. The molecule has 2 aromatic heterocycles. The van der Waals surface area contributed by atoms with Crippen molar-refractivity contribution in [3.05, 3.63) is 70.8 Å². The van der Waals surface area contributed by atoms with Crippen molar-refractivity contribution in [2.24, 2.45) is 0 Å². The van der Waals surface area contributed by atoms with Crippen LogP contribution in [-0.4, -0.2) is 30.2 Å². The van der Waals surface area contributed by atoms with E-state index in [0.29, 0.717) is 6.61 Å². The first-order chi connectivity index (χ1) is 11.3. The fraction of sp³-hybridized carbons (Fsp3) is 0.222. The Hall–Kier alpha value is -2.40. The quantitative estimate of drug-likeness (QED) is 0.665. The topological polar surface area (TPSA) is 38.2 Å². The normalized spacial score (nSPS) is 10.5. The van der Waals surface area contributed by atoms with Gasteiger partial charge in [0, 0.05) is 30.7 Å². The molecule has 0 saturated carbocycles. The summed E-state index contributed by atoms with van der Waals surface area (Å²) >= 11 is 1.68. The first-order valence-corrected chi connectivity index (χ1v) is 8.40. The molecule has 23 heavy (non-hydrogen) atoms. The summed E-state index contributed by atoms with van der Waals surface area (Å²) in [6, 6.07) is 14.2. The van der Waals surface area contributed by atoms with Gasteiger partial charge in [0.15, 0.2) is 0 Å². The van der Waals surface area contributed by atoms with E-state index in [2.05, 4.69) is 27.0 Å². The maximum atomic E-state index is 5.81. The van der Waals surface area contributed by atoms with Crippen LogP contribution in [0.2, 0.25) is 0 Å². The number of benzene rings is 1. The monoisotopic (exact) mass is 325 g/mol. The second-order valence-corrected chi connectivity index (χ2v) is 6.22. The molecule has 0 unspecified atom stereocenters. The molecule has 3 rings (SSSR count). The number of hydrogen-bond acceptors (Lipinski definition) is 5. The van der Waals surface area contributed by atoms with Crippen LogP contribution in [0.4, 0.5) is 5.82 Å². The lowest BCUT2D eigenvalue weighted by molar-refractivity contribution is 0.325. The molecule has 0 atom stereocenters. The van der Waals surface area contributed by atoms with Crippen LogP contribution in [0, 0.1) is 0 Å². The highest BCUT2D eigenvalue weighted by atomic mass is 32.1. The Labute approximate surface area is 140 Å². The maximum absolute atomic E-state index is 5.81. The van der Waals surface area contributed by atoms with Gasteiger partial charge >= 0.3 is 0 Å². The summed E-state index contributed by atoms with van der Waals surface area (Å²) in [7, 11) is 2.02. The van der Waals surface area contributed by atoms with Crippen molar-refractivity contribution in [3.8, 4) is 5.75 Å². The smallest absolute Gasteiger partial charge is 0.128 e. The van der Waals surface area contributed by atoms with Gasteiger partial charge in [-0.25, -0.2) is 4.98 Å². The Morgan fingerprint density at radius 1 is 1.13 bits per heavy atom. The fourth-order valence-corrected chi connectivity index (χ4v) is 2.86. The van der Waals surface area contributed by atoms with E-state index in [0.717, 1.165) is 24.5 Å². The van der Waals surface area contributed by atoms with Crippen molar-refractivity contribution in [1.29, 1.82) is 0 Å². The summed E-state index contributed by atoms with van der Waals surface area (Å²) in [6.45, 7) is 1.42. The third-order valence-corrected chi connectivity index (χ3v) is 4.30. The molecule has 5 heteroatoms. The van der Waals surface area contributed by atoms with Gasteiger partial charge in [-0.2, -0.15) is 0 Å². The van der Waals surface area contributed by atoms with Crippen molar-refractivity contribution in [2.45, 2.75) is 6.42 Å². The summed E-state index contributed by atoms with van der Waals surface area (Å²) in [6.07, 6.45) is 4.64. The molecule has 0 bridgehead atoms. The predicted molar refractivity (Wildman–Crippen MR) is 94.4 cm³/mol. The minimum atomic E-state index is 0.626. The zero-order chi connectivity index (χ0) is 15.9. The van der Waals surface area contributed by atoms with Crippen molar-refractivity contribution in [2.75, 3.05) is 25.1 Å². The molecule has 0 aliphatic rings. The second kappa shape index (κ2) is 7.74. The molecule has 0 spiro atoms. The van der Waals surface area contributed by atoms with Crippen LogP contribution in [-0.2, 0) is 6.42 Å². The SMILES string of the molecule is CN(CCOc1ccc(Cc2cncs2)cc1)c1ccccn1. The van der Waals surface area contributed by atoms with Gasteiger partial charge in [0.25, 0.3) is 0 Å². The second-order valence-electron chi connectivity index (χ2n) is 5.25. The Bertz CT molecular complexity index is 699. The van der Waals surface area contributed by atoms with Crippen LogP contribution in [0.5, 0.6) is 5.75 Å². The highest BCUT2D eigenvalue weighted by Gasteiger charge is 2.02. The van der Waals surface area contributed by atoms with E-state index in [1.165, 1.54) is 10.4 Å². The van der Waals surface area contributed by atoms with E-state index < -0.39 is 0 Å². The van der Waals surface area contributed by atoms with Gasteiger partial charge in [-0.05, 0) is 29.8 Å². The van der Waals surface area contributed by atoms with E-state index in [4.69, 9.17) is 4.74 Å². The Morgan fingerprint density at radius 3 is 2.70 bits per heavy atom. The Morgan fingerprint density at radius 2 is 2.00 bits per heavy atom. The third kappa shape index (κ3) is 4.53. The lowest BCUT2D eigenvalue weighted by Gasteiger charge is -2.18. The van der Waals surface area contributed by atoms with Crippen molar-refractivity contribution in [1.82, 2.24) is 9.97 Å². The van der Waals surface area contributed by atoms with Gasteiger partial charge < -0.3 is 9.64 Å². The van der Waals surface area contributed by atoms with Gasteiger partial charge in [0.05, 0.1) is 12.1 Å². The van der Waals surface area contributed by atoms with Gasteiger partial charge in [-0.1, -0.05) is 18.2 Å². The summed E-state index contributed by atoms with van der Waals surface area (Å²) in [5, 5.41) is 0. The largest absolute Gasteiger partial charge is 0.492 e. The molecule has 2 heterocycles. The molecule has 0 N–H and O–H groups in total.